The van der Waals surface area contributed by atoms with E-state index in [-0.39, 0.29) is 18.1 Å². The molecule has 0 saturated carbocycles. The van der Waals surface area contributed by atoms with Gasteiger partial charge in [-0.05, 0) is 44.5 Å². The van der Waals surface area contributed by atoms with Gasteiger partial charge in [-0.25, -0.2) is 19.2 Å². The van der Waals surface area contributed by atoms with Crippen molar-refractivity contribution in [1.82, 2.24) is 25.3 Å². The van der Waals surface area contributed by atoms with Crippen LogP contribution < -0.4 is 10.6 Å². The highest BCUT2D eigenvalue weighted by Gasteiger charge is 2.55. The molecular weight excluding hydrogens is 824 g/mol. The molecule has 3 aliphatic heterocycles. The molecule has 0 aliphatic carbocycles. The highest BCUT2D eigenvalue weighted by Crippen LogP contribution is 2.42. The molecule has 0 bridgehead atoms. The second kappa shape index (κ2) is 20.0. The molecule has 3 atom stereocenters. The molecule has 3 aromatic rings. The van der Waals surface area contributed by atoms with Crippen LogP contribution in [-0.2, 0) is 33.4 Å². The van der Waals surface area contributed by atoms with Gasteiger partial charge in [0.25, 0.3) is 5.91 Å². The molecule has 0 radical (unpaired) electrons. The van der Waals surface area contributed by atoms with Gasteiger partial charge in [0.15, 0.2) is 6.10 Å². The summed E-state index contributed by atoms with van der Waals surface area (Å²) in [6, 6.07) is 25.0. The van der Waals surface area contributed by atoms with Gasteiger partial charge in [-0.1, -0.05) is 91.0 Å². The number of likely N-dealkylation sites (N-methyl/N-ethyl adjacent to an activating group) is 1. The van der Waals surface area contributed by atoms with Crippen LogP contribution in [0.5, 0.6) is 0 Å². The fourth-order valence-electron chi connectivity index (χ4n) is 6.37. The predicted molar refractivity (Wildman–Crippen MR) is 216 cm³/mol. The van der Waals surface area contributed by atoms with E-state index in [4.69, 9.17) is 24.1 Å². The van der Waals surface area contributed by atoms with E-state index in [2.05, 4.69) is 15.5 Å². The van der Waals surface area contributed by atoms with Gasteiger partial charge in [0.05, 0.1) is 0 Å². The number of aliphatic carboxylic acids is 1. The van der Waals surface area contributed by atoms with Crippen molar-refractivity contribution in [3.63, 3.8) is 0 Å². The van der Waals surface area contributed by atoms with Crippen molar-refractivity contribution in [2.24, 2.45) is 0 Å². The number of fused-ring (bicyclic) bond motifs is 1. The number of thioether (sulfide) groups is 1. The van der Waals surface area contributed by atoms with E-state index in [0.717, 1.165) is 11.1 Å². The first kappa shape index (κ1) is 46.0. The first-order valence-corrected chi connectivity index (χ1v) is 20.1. The molecule has 61 heavy (non-hydrogen) atoms. The van der Waals surface area contributed by atoms with E-state index in [1.807, 2.05) is 67.7 Å². The number of esters is 1. The average molecular weight is 870 g/mol. The Morgan fingerprint density at radius 3 is 1.84 bits per heavy atom. The van der Waals surface area contributed by atoms with Crippen LogP contribution in [0.4, 0.5) is 22.8 Å². The summed E-state index contributed by atoms with van der Waals surface area (Å²) >= 11 is 1.33. The molecule has 2 saturated heterocycles. The molecule has 0 spiro atoms. The van der Waals surface area contributed by atoms with E-state index in [1.165, 1.54) is 16.7 Å². The summed E-state index contributed by atoms with van der Waals surface area (Å²) in [6.07, 6.45) is -7.19. The second-order valence-corrected chi connectivity index (χ2v) is 16.2. The van der Waals surface area contributed by atoms with Crippen molar-refractivity contribution >= 4 is 47.7 Å². The lowest BCUT2D eigenvalue weighted by atomic mass is 10.00. The zero-order valence-corrected chi connectivity index (χ0v) is 34.5. The van der Waals surface area contributed by atoms with Crippen molar-refractivity contribution in [3.05, 3.63) is 119 Å². The van der Waals surface area contributed by atoms with Gasteiger partial charge in [0, 0.05) is 37.5 Å². The summed E-state index contributed by atoms with van der Waals surface area (Å²) in [5.41, 5.74) is 1.53. The monoisotopic (exact) mass is 869 g/mol. The maximum atomic E-state index is 14.4. The maximum Gasteiger partial charge on any atom is 0.490 e. The molecule has 6 rings (SSSR count). The smallest absolute Gasteiger partial charge is 0.475 e. The number of amides is 4. The third kappa shape index (κ3) is 12.3. The quantitative estimate of drug-likeness (QED) is 0.137. The molecule has 19 heteroatoms. The summed E-state index contributed by atoms with van der Waals surface area (Å²) in [7, 11) is 1.98. The van der Waals surface area contributed by atoms with Gasteiger partial charge in [-0.3, -0.25) is 14.5 Å². The predicted octanol–water partition coefficient (Wildman–Crippen LogP) is 5.26. The number of nitrogens with zero attached hydrogens (tertiary/aromatic N) is 3. The van der Waals surface area contributed by atoms with Crippen LogP contribution in [0.15, 0.2) is 102 Å². The summed E-state index contributed by atoms with van der Waals surface area (Å²) in [5, 5.41) is 11.9. The van der Waals surface area contributed by atoms with Gasteiger partial charge >= 0.3 is 30.3 Å². The molecule has 3 aromatic carbocycles. The van der Waals surface area contributed by atoms with Gasteiger partial charge in [0.2, 0.25) is 5.91 Å². The van der Waals surface area contributed by atoms with Gasteiger partial charge in [0.1, 0.15) is 35.4 Å². The Hall–Kier alpha value is -6.08. The van der Waals surface area contributed by atoms with Crippen molar-refractivity contribution in [2.75, 3.05) is 45.6 Å². The number of halogens is 3. The Morgan fingerprint density at radius 1 is 0.836 bits per heavy atom. The molecule has 1 unspecified atom stereocenters. The van der Waals surface area contributed by atoms with Crippen molar-refractivity contribution < 1.29 is 61.3 Å². The molecule has 2 fully saturated rings. The fraction of sp³-hybridized carbons (Fsp3) is 0.381. The minimum Gasteiger partial charge on any atom is -0.475 e. The van der Waals surface area contributed by atoms with Crippen molar-refractivity contribution in [2.45, 2.75) is 56.1 Å². The number of carbonyl (C=O) groups excluding carboxylic acids is 5. The Morgan fingerprint density at radius 2 is 1.34 bits per heavy atom. The number of alkyl carbamates (subject to hydrolysis) is 1. The summed E-state index contributed by atoms with van der Waals surface area (Å²) in [4.78, 5) is 82.0. The number of alkyl halides is 3. The molecule has 3 aliphatic rings. The summed E-state index contributed by atoms with van der Waals surface area (Å²) in [6.45, 7) is 7.35. The average Bonchev–Trinajstić information content (AvgIpc) is 3.22. The molecule has 4 amide bonds. The summed E-state index contributed by atoms with van der Waals surface area (Å²) in [5.74, 6) is -4.47. The number of rotatable bonds is 10. The lowest BCUT2D eigenvalue weighted by Crippen LogP contribution is -2.71. The Balaban J connectivity index is 0.000000925. The zero-order valence-electron chi connectivity index (χ0n) is 33.7. The SMILES string of the molecule is CN1CCN(C(=O)OCC2=C(C(=O)OC(c3ccccc3)c3ccccc3)N3C(=O)C(NC(=O)[C@@H](NC(=O)OC(C)(C)C)c4ccccc4)[C@@H]3SC2)CC1.O=C(O)C(F)(F)F. The van der Waals surface area contributed by atoms with Crippen LogP contribution >= 0.6 is 11.8 Å². The highest BCUT2D eigenvalue weighted by molar-refractivity contribution is 8.00. The van der Waals surface area contributed by atoms with Gasteiger partial charge < -0.3 is 39.8 Å². The van der Waals surface area contributed by atoms with Crippen LogP contribution in [0, 0.1) is 0 Å². The number of β-lactam (4-membered cyclic amide) rings is 1. The largest absolute Gasteiger partial charge is 0.490 e. The molecule has 326 valence electrons. The first-order chi connectivity index (χ1) is 28.8. The number of nitrogens with one attached hydrogen (secondary N) is 2. The minimum absolute atomic E-state index is 0.0243. The molecule has 0 aromatic heterocycles. The fourth-order valence-corrected chi connectivity index (χ4v) is 7.69. The number of carbonyl (C=O) groups is 6. The van der Waals surface area contributed by atoms with Gasteiger partial charge in [-0.2, -0.15) is 13.2 Å². The number of carboxylic acid groups (broad SMARTS) is 1. The third-order valence-electron chi connectivity index (χ3n) is 9.40. The number of hydrogen-bond acceptors (Lipinski definition) is 11. The van der Waals surface area contributed by atoms with E-state index >= 15 is 0 Å². The summed E-state index contributed by atoms with van der Waals surface area (Å²) < 4.78 is 49.1. The molecule has 3 N–H and O–H groups in total. The molecular formula is C42H46F3N5O10S. The van der Waals surface area contributed by atoms with E-state index in [0.29, 0.717) is 37.3 Å². The Bertz CT molecular complexity index is 2040. The maximum absolute atomic E-state index is 14.4. The first-order valence-electron chi connectivity index (χ1n) is 19.1. The number of ether oxygens (including phenoxy) is 3. The van der Waals surface area contributed by atoms with Crippen LogP contribution in [0.2, 0.25) is 0 Å². The lowest BCUT2D eigenvalue weighted by molar-refractivity contribution is -0.192. The highest BCUT2D eigenvalue weighted by atomic mass is 32.2. The Labute approximate surface area is 354 Å². The number of hydrogen-bond donors (Lipinski definition) is 3. The lowest BCUT2D eigenvalue weighted by Gasteiger charge is -2.50. The number of carboxylic acids is 1. The van der Waals surface area contributed by atoms with Crippen LogP contribution in [-0.4, -0.2) is 125 Å². The van der Waals surface area contributed by atoms with Crippen LogP contribution in [0.25, 0.3) is 0 Å². The molecule has 3 heterocycles. The topological polar surface area (TPSA) is 184 Å². The second-order valence-electron chi connectivity index (χ2n) is 15.1. The van der Waals surface area contributed by atoms with E-state index in [9.17, 15) is 37.1 Å². The minimum atomic E-state index is -5.08. The van der Waals surface area contributed by atoms with Crippen molar-refractivity contribution in [3.8, 4) is 0 Å². The van der Waals surface area contributed by atoms with Gasteiger partial charge in [-0.15, -0.1) is 11.8 Å². The van der Waals surface area contributed by atoms with E-state index < -0.39 is 71.3 Å². The van der Waals surface area contributed by atoms with E-state index in [1.54, 1.807) is 56.0 Å². The standard InChI is InChI=1S/C40H45N5O8S.C2HF3O2/c1-40(2,3)53-38(49)42-30(26-14-8-5-9-15-26)34(46)41-31-35(47)45-32(29(25-54-36(31)45)24-51-39(50)44-22-20-43(4)21-23-44)37(48)52-33(27-16-10-6-11-17-27)28-18-12-7-13-19-28;3-2(4,5)1(6)7/h5-19,30-31,33,36H,20-25H2,1-4H3,(H,41,46)(H,42,49);(H,6,7)/t30-,31?,36-;/m0./s1. The number of piperazine rings is 1. The normalized spacial score (nSPS) is 18.4. The van der Waals surface area contributed by atoms with Crippen molar-refractivity contribution in [1.29, 1.82) is 0 Å². The third-order valence-corrected chi connectivity index (χ3v) is 10.7. The van der Waals surface area contributed by atoms with Crippen LogP contribution in [0.3, 0.4) is 0 Å². The zero-order chi connectivity index (χ0) is 44.5. The van der Waals surface area contributed by atoms with Crippen LogP contribution in [0.1, 0.15) is 49.6 Å². The molecule has 15 nitrogen and oxygen atoms in total. The number of benzene rings is 3. The Kier molecular flexibility index (Phi) is 15.1.